The summed E-state index contributed by atoms with van der Waals surface area (Å²) in [6.07, 6.45) is 13.1. The monoisotopic (exact) mass is 727 g/mol. The Morgan fingerprint density at radius 2 is 0.870 bits per heavy atom. The van der Waals surface area contributed by atoms with Gasteiger partial charge in [0.15, 0.2) is 0 Å². The van der Waals surface area contributed by atoms with Crippen molar-refractivity contribution in [2.24, 2.45) is 0 Å². The summed E-state index contributed by atoms with van der Waals surface area (Å²) in [5.74, 6) is -1.40. The molecule has 2 N–H and O–H groups in total. The van der Waals surface area contributed by atoms with E-state index in [9.17, 15) is 9.59 Å². The molecule has 0 saturated heterocycles. The highest BCUT2D eigenvalue weighted by atomic mass is 32.2. The second-order valence-corrected chi connectivity index (χ2v) is 13.3. The third-order valence-corrected chi connectivity index (χ3v) is 9.36. The summed E-state index contributed by atoms with van der Waals surface area (Å²) in [5.41, 5.74) is 7.63. The van der Waals surface area contributed by atoms with Crippen molar-refractivity contribution in [3.05, 3.63) is 189 Å². The van der Waals surface area contributed by atoms with Crippen LogP contribution in [-0.4, -0.2) is 27.9 Å². The van der Waals surface area contributed by atoms with E-state index in [0.29, 0.717) is 11.1 Å². The number of benzene rings is 5. The molecule has 5 rings (SSSR count). The molecule has 5 aromatic carbocycles. The molecule has 0 spiro atoms. The lowest BCUT2D eigenvalue weighted by molar-refractivity contribution is -0.133. The van der Waals surface area contributed by atoms with E-state index in [4.69, 9.17) is 23.4 Å². The van der Waals surface area contributed by atoms with Crippen LogP contribution in [0.15, 0.2) is 138 Å². The SMILES string of the molecule is [C-]#[N+]/C(=C\c1ccc(/C=C/c2ccc(N(c3ccc(/C=C/c4ccc(/C=C(\[N+]#[C-])C(=O)O)cc4)cc3)c3ccc(SCCCC)cc3)cc2)cc1)C(=O)O. The first-order valence-corrected chi connectivity index (χ1v) is 18.2. The van der Waals surface area contributed by atoms with Crippen LogP contribution in [0.2, 0.25) is 0 Å². The van der Waals surface area contributed by atoms with E-state index in [1.165, 1.54) is 29.9 Å². The number of carboxylic acids is 2. The number of unbranched alkanes of at least 4 members (excludes halogenated alkanes) is 1. The summed E-state index contributed by atoms with van der Waals surface area (Å²) >= 11 is 1.87. The van der Waals surface area contributed by atoms with Crippen LogP contribution >= 0.6 is 11.8 Å². The molecule has 0 atom stereocenters. The van der Waals surface area contributed by atoms with Crippen LogP contribution in [0, 0.1) is 13.1 Å². The van der Waals surface area contributed by atoms with E-state index in [2.05, 4.69) is 94.3 Å². The standard InChI is InChI=1S/C46H37N3O4S/c1-4-5-30-54-42-28-26-41(27-29-42)49(39-22-18-35(19-23-39)8-6-33-10-14-37(15-11-33)31-43(47-2)45(50)51)40-24-20-36(21-25-40)9-7-34-12-16-38(17-13-34)32-44(48-3)46(52)53/h6-29,31-32H,4-5,30H2,1H3,(H,50,51)(H,52,53)/b8-6+,9-7+,43-31-,44-32-. The Kier molecular flexibility index (Phi) is 13.6. The van der Waals surface area contributed by atoms with E-state index in [1.54, 1.807) is 24.3 Å². The molecule has 0 fully saturated rings. The summed E-state index contributed by atoms with van der Waals surface area (Å²) in [5, 5.41) is 18.2. The van der Waals surface area contributed by atoms with Crippen LogP contribution in [-0.2, 0) is 9.59 Å². The topological polar surface area (TPSA) is 86.6 Å². The van der Waals surface area contributed by atoms with Gasteiger partial charge in [-0.05, 0) is 106 Å². The number of carbonyl (C=O) groups is 2. The maximum atomic E-state index is 11.2. The Labute approximate surface area is 320 Å². The van der Waals surface area contributed by atoms with E-state index in [-0.39, 0.29) is 11.4 Å². The number of thioether (sulfide) groups is 1. The molecule has 0 heterocycles. The summed E-state index contributed by atoms with van der Waals surface area (Å²) in [7, 11) is 0. The molecular formula is C46H37N3O4S. The van der Waals surface area contributed by atoms with Crippen molar-refractivity contribution in [2.45, 2.75) is 24.7 Å². The molecule has 0 amide bonds. The van der Waals surface area contributed by atoms with E-state index in [0.717, 1.165) is 45.1 Å². The van der Waals surface area contributed by atoms with Crippen LogP contribution in [0.5, 0.6) is 0 Å². The fourth-order valence-electron chi connectivity index (χ4n) is 5.33. The molecule has 0 aromatic heterocycles. The van der Waals surface area contributed by atoms with Crippen LogP contribution in [0.3, 0.4) is 0 Å². The molecular weight excluding hydrogens is 691 g/mol. The highest BCUT2D eigenvalue weighted by molar-refractivity contribution is 7.99. The fraction of sp³-hybridized carbons (Fsp3) is 0.0870. The molecule has 54 heavy (non-hydrogen) atoms. The van der Waals surface area contributed by atoms with Gasteiger partial charge >= 0.3 is 11.9 Å². The van der Waals surface area contributed by atoms with Crippen molar-refractivity contribution in [3.8, 4) is 0 Å². The van der Waals surface area contributed by atoms with Crippen molar-refractivity contribution in [1.82, 2.24) is 0 Å². The largest absolute Gasteiger partial charge is 0.486 e. The zero-order chi connectivity index (χ0) is 38.3. The number of nitrogens with zero attached hydrogens (tertiary/aromatic N) is 3. The molecule has 8 heteroatoms. The maximum Gasteiger partial charge on any atom is 0.333 e. The Morgan fingerprint density at radius 1 is 0.556 bits per heavy atom. The maximum absolute atomic E-state index is 11.2. The average molecular weight is 728 g/mol. The minimum atomic E-state index is -1.24. The van der Waals surface area contributed by atoms with Gasteiger partial charge in [0, 0.05) is 22.0 Å². The van der Waals surface area contributed by atoms with Gasteiger partial charge in [0.1, 0.15) is 0 Å². The van der Waals surface area contributed by atoms with Crippen molar-refractivity contribution in [3.63, 3.8) is 0 Å². The first-order valence-electron chi connectivity index (χ1n) is 17.2. The molecule has 0 aliphatic rings. The quantitative estimate of drug-likeness (QED) is 0.0367. The highest BCUT2D eigenvalue weighted by Crippen LogP contribution is 2.36. The van der Waals surface area contributed by atoms with Gasteiger partial charge in [-0.2, -0.15) is 0 Å². The molecule has 0 bridgehead atoms. The Hall–Kier alpha value is -6.87. The average Bonchev–Trinajstić information content (AvgIpc) is 3.20. The van der Waals surface area contributed by atoms with Crippen LogP contribution in [0.1, 0.15) is 53.1 Å². The highest BCUT2D eigenvalue weighted by Gasteiger charge is 2.13. The van der Waals surface area contributed by atoms with Crippen LogP contribution < -0.4 is 4.90 Å². The van der Waals surface area contributed by atoms with E-state index >= 15 is 0 Å². The van der Waals surface area contributed by atoms with Crippen LogP contribution in [0.25, 0.3) is 46.1 Å². The zero-order valence-electron chi connectivity index (χ0n) is 29.6. The normalized spacial score (nSPS) is 11.7. The first-order chi connectivity index (χ1) is 26.3. The second kappa shape index (κ2) is 19.1. The van der Waals surface area contributed by atoms with Gasteiger partial charge in [-0.1, -0.05) is 110 Å². The van der Waals surface area contributed by atoms with Gasteiger partial charge in [0.25, 0.3) is 11.4 Å². The fourth-order valence-corrected chi connectivity index (χ4v) is 6.33. The summed E-state index contributed by atoms with van der Waals surface area (Å²) in [6, 6.07) is 40.0. The smallest absolute Gasteiger partial charge is 0.333 e. The molecule has 0 aliphatic heterocycles. The van der Waals surface area contributed by atoms with Crippen molar-refractivity contribution in [1.29, 1.82) is 0 Å². The summed E-state index contributed by atoms with van der Waals surface area (Å²) in [6.45, 7) is 16.3. The predicted octanol–water partition coefficient (Wildman–Crippen LogP) is 12.1. The Balaban J connectivity index is 1.35. The van der Waals surface area contributed by atoms with Gasteiger partial charge in [0.2, 0.25) is 0 Å². The lowest BCUT2D eigenvalue weighted by Crippen LogP contribution is -2.09. The molecule has 0 saturated carbocycles. The molecule has 0 aliphatic carbocycles. The first kappa shape index (κ1) is 38.4. The third-order valence-electron chi connectivity index (χ3n) is 8.26. The molecule has 5 aromatic rings. The third kappa shape index (κ3) is 10.8. The van der Waals surface area contributed by atoms with Gasteiger partial charge in [-0.3, -0.25) is 9.59 Å². The summed E-state index contributed by atoms with van der Waals surface area (Å²) < 4.78 is 0. The van der Waals surface area contributed by atoms with Crippen molar-refractivity contribution in [2.75, 3.05) is 10.7 Å². The number of carboxylic acid groups (broad SMARTS) is 2. The number of rotatable bonds is 15. The van der Waals surface area contributed by atoms with Crippen LogP contribution in [0.4, 0.5) is 17.1 Å². The van der Waals surface area contributed by atoms with Crippen molar-refractivity contribution < 1.29 is 19.8 Å². The molecule has 0 radical (unpaired) electrons. The molecule has 7 nitrogen and oxygen atoms in total. The number of hydrogen-bond donors (Lipinski definition) is 2. The van der Waals surface area contributed by atoms with Gasteiger partial charge in [-0.15, -0.1) is 11.8 Å². The molecule has 0 unspecified atom stereocenters. The Morgan fingerprint density at radius 3 is 1.19 bits per heavy atom. The lowest BCUT2D eigenvalue weighted by atomic mass is 10.1. The predicted molar refractivity (Wildman–Crippen MR) is 222 cm³/mol. The van der Waals surface area contributed by atoms with Gasteiger partial charge in [-0.25, -0.2) is 9.69 Å². The zero-order valence-corrected chi connectivity index (χ0v) is 30.4. The number of anilines is 3. The van der Waals surface area contributed by atoms with Gasteiger partial charge < -0.3 is 15.1 Å². The minimum Gasteiger partial charge on any atom is -0.486 e. The second-order valence-electron chi connectivity index (χ2n) is 12.1. The Bertz CT molecular complexity index is 2140. The van der Waals surface area contributed by atoms with E-state index < -0.39 is 11.9 Å². The van der Waals surface area contributed by atoms with Gasteiger partial charge in [0.05, 0.1) is 13.1 Å². The number of aliphatic carboxylic acids is 2. The number of hydrogen-bond acceptors (Lipinski definition) is 4. The lowest BCUT2D eigenvalue weighted by Gasteiger charge is -2.26. The van der Waals surface area contributed by atoms with Crippen molar-refractivity contribution >= 4 is 77.2 Å². The molecule has 266 valence electrons. The summed E-state index contributed by atoms with van der Waals surface area (Å²) in [4.78, 5) is 31.9. The minimum absolute atomic E-state index is 0.325. The van der Waals surface area contributed by atoms with E-state index in [1.807, 2.05) is 60.3 Å².